The summed E-state index contributed by atoms with van der Waals surface area (Å²) < 4.78 is 50.2. The van der Waals surface area contributed by atoms with Crippen LogP contribution in [0.4, 0.5) is 13.2 Å². The lowest BCUT2D eigenvalue weighted by Gasteiger charge is -2.38. The third-order valence-corrected chi connectivity index (χ3v) is 6.86. The Kier molecular flexibility index (Phi) is 8.03. The Hall–Kier alpha value is -2.56. The van der Waals surface area contributed by atoms with Crippen molar-refractivity contribution < 1.29 is 27.4 Å². The number of nitrogens with one attached hydrogen (secondary N) is 1. The summed E-state index contributed by atoms with van der Waals surface area (Å²) in [6, 6.07) is 5.71. The van der Waals surface area contributed by atoms with Gasteiger partial charge in [0.1, 0.15) is 12.0 Å². The maximum atomic E-state index is 13.2. The predicted molar refractivity (Wildman–Crippen MR) is 123 cm³/mol. The largest absolute Gasteiger partial charge is 0.416 e. The quantitative estimate of drug-likeness (QED) is 0.666. The van der Waals surface area contributed by atoms with Crippen LogP contribution in [-0.2, 0) is 22.1 Å². The molecule has 3 heterocycles. The van der Waals surface area contributed by atoms with Crippen molar-refractivity contribution in [2.24, 2.45) is 0 Å². The Balaban J connectivity index is 1.39. The molecule has 7 nitrogen and oxygen atoms in total. The second kappa shape index (κ2) is 11.0. The number of rotatable bonds is 6. The van der Waals surface area contributed by atoms with Crippen LogP contribution in [0.25, 0.3) is 0 Å². The summed E-state index contributed by atoms with van der Waals surface area (Å²) in [5.74, 6) is -0.172. The molecule has 1 amide bonds. The van der Waals surface area contributed by atoms with E-state index in [1.54, 1.807) is 25.0 Å². The molecule has 0 bridgehead atoms. The number of methoxy groups -OCH3 is 1. The van der Waals surface area contributed by atoms with E-state index >= 15 is 0 Å². The van der Waals surface area contributed by atoms with E-state index in [9.17, 15) is 18.0 Å². The summed E-state index contributed by atoms with van der Waals surface area (Å²) in [6.45, 7) is 4.25. The highest BCUT2D eigenvalue weighted by Crippen LogP contribution is 2.30. The third-order valence-electron chi connectivity index (χ3n) is 6.86. The maximum absolute atomic E-state index is 13.2. The average molecular weight is 493 g/mol. The van der Waals surface area contributed by atoms with Gasteiger partial charge in [0.25, 0.3) is 5.91 Å². The van der Waals surface area contributed by atoms with Crippen molar-refractivity contribution in [3.8, 4) is 0 Å². The zero-order valence-corrected chi connectivity index (χ0v) is 20.0. The van der Waals surface area contributed by atoms with E-state index in [2.05, 4.69) is 15.3 Å². The van der Waals surface area contributed by atoms with E-state index in [0.29, 0.717) is 54.9 Å². The van der Waals surface area contributed by atoms with E-state index in [-0.39, 0.29) is 24.5 Å². The molecule has 2 aliphatic rings. The van der Waals surface area contributed by atoms with Gasteiger partial charge in [-0.2, -0.15) is 13.2 Å². The lowest BCUT2D eigenvalue weighted by Crippen LogP contribution is -2.54. The number of alkyl halides is 3. The zero-order valence-electron chi connectivity index (χ0n) is 20.0. The van der Waals surface area contributed by atoms with Crippen molar-refractivity contribution in [1.82, 2.24) is 20.2 Å². The number of hydrogen-bond acceptors (Lipinski definition) is 6. The summed E-state index contributed by atoms with van der Waals surface area (Å²) in [7, 11) is 1.70. The van der Waals surface area contributed by atoms with Gasteiger partial charge in [0, 0.05) is 50.9 Å². The number of nitrogens with zero attached hydrogens (tertiary/aromatic N) is 3. The number of piperidine rings is 1. The number of carbonyl (C=O) groups is 1. The molecule has 4 rings (SSSR count). The van der Waals surface area contributed by atoms with Gasteiger partial charge in [-0.1, -0.05) is 18.2 Å². The number of halogens is 3. The van der Waals surface area contributed by atoms with Gasteiger partial charge in [0.05, 0.1) is 24.0 Å². The molecule has 1 aromatic carbocycles. The lowest BCUT2D eigenvalue weighted by molar-refractivity contribution is -0.137. The number of hydrogen-bond donors (Lipinski definition) is 1. The van der Waals surface area contributed by atoms with Crippen molar-refractivity contribution in [2.75, 3.05) is 33.4 Å². The highest BCUT2D eigenvalue weighted by atomic mass is 19.4. The monoisotopic (exact) mass is 492 g/mol. The van der Waals surface area contributed by atoms with Crippen LogP contribution < -0.4 is 5.32 Å². The fourth-order valence-electron chi connectivity index (χ4n) is 4.77. The van der Waals surface area contributed by atoms with Crippen LogP contribution in [-0.4, -0.2) is 72.4 Å². The van der Waals surface area contributed by atoms with E-state index in [1.807, 2.05) is 0 Å². The second-order valence-corrected chi connectivity index (χ2v) is 9.15. The minimum Gasteiger partial charge on any atom is -0.379 e. The number of likely N-dealkylation sites (tertiary alicyclic amines) is 1. The molecular formula is C25H31F3N4O3. The molecule has 2 unspecified atom stereocenters. The molecule has 10 heteroatoms. The van der Waals surface area contributed by atoms with E-state index in [0.717, 1.165) is 31.4 Å². The first-order valence-corrected chi connectivity index (χ1v) is 11.9. The smallest absolute Gasteiger partial charge is 0.379 e. The third kappa shape index (κ3) is 6.17. The molecule has 0 radical (unpaired) electrons. The first-order chi connectivity index (χ1) is 16.8. The van der Waals surface area contributed by atoms with Crippen molar-refractivity contribution in [1.29, 1.82) is 0 Å². The fraction of sp³-hybridized carbons (Fsp3) is 0.560. The molecule has 1 N–H and O–H groups in total. The van der Waals surface area contributed by atoms with Gasteiger partial charge in [-0.3, -0.25) is 4.79 Å². The Bertz CT molecular complexity index is 1030. The molecule has 2 aromatic rings. The Labute approximate surface area is 203 Å². The van der Waals surface area contributed by atoms with Gasteiger partial charge in [-0.25, -0.2) is 9.97 Å². The summed E-state index contributed by atoms with van der Waals surface area (Å²) in [5.41, 5.74) is 1.23. The van der Waals surface area contributed by atoms with Gasteiger partial charge in [0.2, 0.25) is 0 Å². The van der Waals surface area contributed by atoms with E-state index < -0.39 is 11.7 Å². The van der Waals surface area contributed by atoms with Crippen LogP contribution in [0.5, 0.6) is 0 Å². The number of ether oxygens (including phenoxy) is 2. The number of aromatic nitrogens is 2. The highest BCUT2D eigenvalue weighted by Gasteiger charge is 2.32. The molecule has 190 valence electrons. The van der Waals surface area contributed by atoms with Crippen LogP contribution in [0.15, 0.2) is 30.6 Å². The maximum Gasteiger partial charge on any atom is 0.416 e. The minimum atomic E-state index is -4.41. The molecule has 2 saturated heterocycles. The fourth-order valence-corrected chi connectivity index (χ4v) is 4.77. The molecular weight excluding hydrogens is 461 g/mol. The number of benzene rings is 1. The molecule has 2 fully saturated rings. The SMILES string of the molecule is COC1COCCC1NC1CCN(C(=O)c2ncnc(Cc3cccc(C(F)(F)F)c3)c2C)CC1. The van der Waals surface area contributed by atoms with Gasteiger partial charge in [-0.05, 0) is 37.8 Å². The predicted octanol–water partition coefficient (Wildman–Crippen LogP) is 3.39. The first-order valence-electron chi connectivity index (χ1n) is 11.9. The molecule has 2 atom stereocenters. The van der Waals surface area contributed by atoms with Crippen LogP contribution in [0.3, 0.4) is 0 Å². The second-order valence-electron chi connectivity index (χ2n) is 9.15. The van der Waals surface area contributed by atoms with Crippen LogP contribution >= 0.6 is 0 Å². The summed E-state index contributed by atoms with van der Waals surface area (Å²) in [4.78, 5) is 23.5. The van der Waals surface area contributed by atoms with Gasteiger partial charge in [-0.15, -0.1) is 0 Å². The Morgan fingerprint density at radius 1 is 1.23 bits per heavy atom. The standard InChI is InChI=1S/C25H31F3N4O3/c1-16-21(13-17-4-3-5-18(12-17)25(26,27)28)29-15-30-23(16)24(33)32-9-6-19(7-10-32)31-20-8-11-35-14-22(20)34-2/h3-5,12,15,19-20,22,31H,6-11,13-14H2,1-2H3. The van der Waals surface area contributed by atoms with Crippen LogP contribution in [0.2, 0.25) is 0 Å². The van der Waals surface area contributed by atoms with Crippen molar-refractivity contribution in [3.63, 3.8) is 0 Å². The summed E-state index contributed by atoms with van der Waals surface area (Å²) in [6.07, 6.45) is -0.339. The van der Waals surface area contributed by atoms with Crippen LogP contribution in [0.1, 0.15) is 52.1 Å². The molecule has 0 aliphatic carbocycles. The van der Waals surface area contributed by atoms with Crippen molar-refractivity contribution >= 4 is 5.91 Å². The molecule has 1 aromatic heterocycles. The summed E-state index contributed by atoms with van der Waals surface area (Å²) >= 11 is 0. The van der Waals surface area contributed by atoms with Crippen LogP contribution in [0, 0.1) is 6.92 Å². The van der Waals surface area contributed by atoms with Crippen molar-refractivity contribution in [2.45, 2.75) is 57.0 Å². The lowest BCUT2D eigenvalue weighted by atomic mass is 9.99. The van der Waals surface area contributed by atoms with Gasteiger partial charge in [0.15, 0.2) is 0 Å². The van der Waals surface area contributed by atoms with Gasteiger partial charge < -0.3 is 19.7 Å². The Morgan fingerprint density at radius 2 is 2.00 bits per heavy atom. The average Bonchev–Trinajstić information content (AvgIpc) is 2.85. The van der Waals surface area contributed by atoms with Gasteiger partial charge >= 0.3 is 6.18 Å². The molecule has 2 aliphatic heterocycles. The normalized spacial score (nSPS) is 21.8. The highest BCUT2D eigenvalue weighted by molar-refractivity contribution is 5.93. The number of amides is 1. The Morgan fingerprint density at radius 3 is 2.71 bits per heavy atom. The molecule has 35 heavy (non-hydrogen) atoms. The van der Waals surface area contributed by atoms with E-state index in [1.165, 1.54) is 12.4 Å². The minimum absolute atomic E-state index is 0.0299. The molecule has 0 saturated carbocycles. The molecule has 0 spiro atoms. The summed E-state index contributed by atoms with van der Waals surface area (Å²) in [5, 5.41) is 3.67. The van der Waals surface area contributed by atoms with Crippen molar-refractivity contribution in [3.05, 3.63) is 58.7 Å². The number of carbonyl (C=O) groups excluding carboxylic acids is 1. The first kappa shape index (κ1) is 25.5. The topological polar surface area (TPSA) is 76.6 Å². The van der Waals surface area contributed by atoms with E-state index in [4.69, 9.17) is 9.47 Å². The zero-order chi connectivity index (χ0) is 25.0.